The van der Waals surface area contributed by atoms with Gasteiger partial charge in [0.25, 0.3) is 0 Å². The van der Waals surface area contributed by atoms with Gasteiger partial charge >= 0.3 is 6.80 Å². The van der Waals surface area contributed by atoms with Crippen LogP contribution in [0.25, 0.3) is 0 Å². The molecule has 1 aromatic rings. The molecule has 1 aromatic carbocycles. The van der Waals surface area contributed by atoms with Gasteiger partial charge in [0.2, 0.25) is 0 Å². The Morgan fingerprint density at radius 3 is 2.68 bits per heavy atom. The first-order chi connectivity index (χ1) is 10.3. The number of Topliss-reactive ketones (excluding diaryl/α,β-unsaturated/α-hetero) is 1. The van der Waals surface area contributed by atoms with Gasteiger partial charge in [0, 0.05) is 12.2 Å². The van der Waals surface area contributed by atoms with Crippen LogP contribution in [0.15, 0.2) is 18.2 Å². The minimum atomic E-state index is -3.29. The minimum absolute atomic E-state index is 0.0409. The average Bonchev–Trinajstić information content (AvgIpc) is 2.68. The van der Waals surface area contributed by atoms with Crippen molar-refractivity contribution in [2.24, 2.45) is 0 Å². The highest BCUT2D eigenvalue weighted by atomic mass is 32.7. The second-order valence-corrected chi connectivity index (χ2v) is 10.1. The third-order valence-electron chi connectivity index (χ3n) is 3.59. The molecule has 0 aromatic heterocycles. The molecular formula is C16H23O4PS. The molecule has 1 aliphatic carbocycles. The van der Waals surface area contributed by atoms with E-state index in [9.17, 15) is 9.36 Å². The van der Waals surface area contributed by atoms with E-state index in [1.807, 2.05) is 32.9 Å². The van der Waals surface area contributed by atoms with E-state index in [-0.39, 0.29) is 11.2 Å². The highest BCUT2D eigenvalue weighted by Crippen LogP contribution is 2.61. The van der Waals surface area contributed by atoms with Gasteiger partial charge in [-0.15, -0.1) is 0 Å². The molecule has 1 unspecified atom stereocenters. The Hall–Kier alpha value is -0.770. The first-order valence-corrected chi connectivity index (χ1v) is 10.7. The van der Waals surface area contributed by atoms with Crippen LogP contribution in [0.2, 0.25) is 0 Å². The molecule has 0 aliphatic heterocycles. The van der Waals surface area contributed by atoms with E-state index in [1.54, 1.807) is 13.0 Å². The van der Waals surface area contributed by atoms with Crippen molar-refractivity contribution in [1.82, 2.24) is 0 Å². The molecule has 0 fully saturated rings. The van der Waals surface area contributed by atoms with Gasteiger partial charge in [-0.05, 0) is 41.8 Å². The standard InChI is InChI=1S/C16H23O4PS/c1-5-10-22-21(18,19-6-2)20-14-9-7-8-12-15(14)13(17)11-16(12,3)4/h7-9H,5-6,10-11H2,1-4H3. The van der Waals surface area contributed by atoms with Crippen molar-refractivity contribution in [3.63, 3.8) is 0 Å². The van der Waals surface area contributed by atoms with E-state index < -0.39 is 6.80 Å². The van der Waals surface area contributed by atoms with E-state index in [0.29, 0.717) is 30.1 Å². The molecule has 0 saturated heterocycles. The van der Waals surface area contributed by atoms with Crippen LogP contribution in [0.1, 0.15) is 56.5 Å². The Morgan fingerprint density at radius 1 is 1.32 bits per heavy atom. The Kier molecular flexibility index (Phi) is 5.41. The quantitative estimate of drug-likeness (QED) is 0.636. The summed E-state index contributed by atoms with van der Waals surface area (Å²) in [7, 11) is 0. The number of fused-ring (bicyclic) bond motifs is 1. The second kappa shape index (κ2) is 6.77. The largest absolute Gasteiger partial charge is 0.440 e. The van der Waals surface area contributed by atoms with Gasteiger partial charge in [-0.3, -0.25) is 9.32 Å². The van der Waals surface area contributed by atoms with Crippen LogP contribution in [0.5, 0.6) is 5.75 Å². The summed E-state index contributed by atoms with van der Waals surface area (Å²) in [5.41, 5.74) is 1.31. The molecule has 0 spiro atoms. The minimum Gasteiger partial charge on any atom is -0.416 e. The predicted octanol–water partition coefficient (Wildman–Crippen LogP) is 5.22. The van der Waals surface area contributed by atoms with Crippen LogP contribution in [0, 0.1) is 0 Å². The number of carbonyl (C=O) groups excluding carboxylic acids is 1. The highest BCUT2D eigenvalue weighted by molar-refractivity contribution is 8.55. The topological polar surface area (TPSA) is 52.6 Å². The lowest BCUT2D eigenvalue weighted by molar-refractivity contribution is 0.0978. The number of benzene rings is 1. The number of hydrogen-bond acceptors (Lipinski definition) is 5. The third kappa shape index (κ3) is 3.58. The number of rotatable bonds is 7. The molecule has 122 valence electrons. The number of hydrogen-bond donors (Lipinski definition) is 0. The summed E-state index contributed by atoms with van der Waals surface area (Å²) in [5, 5.41) is 0. The summed E-state index contributed by atoms with van der Waals surface area (Å²) in [5.74, 6) is 1.11. The molecule has 6 heteroatoms. The lowest BCUT2D eigenvalue weighted by atomic mass is 9.86. The van der Waals surface area contributed by atoms with Crippen molar-refractivity contribution < 1.29 is 18.4 Å². The zero-order chi connectivity index (χ0) is 16.4. The van der Waals surface area contributed by atoms with Crippen molar-refractivity contribution in [2.75, 3.05) is 12.4 Å². The van der Waals surface area contributed by atoms with Gasteiger partial charge < -0.3 is 4.52 Å². The maximum absolute atomic E-state index is 12.8. The van der Waals surface area contributed by atoms with Gasteiger partial charge in [-0.25, -0.2) is 4.57 Å². The van der Waals surface area contributed by atoms with Crippen molar-refractivity contribution in [3.05, 3.63) is 29.3 Å². The maximum Gasteiger partial charge on any atom is 0.440 e. The molecule has 0 radical (unpaired) electrons. The monoisotopic (exact) mass is 342 g/mol. The van der Waals surface area contributed by atoms with Crippen LogP contribution < -0.4 is 4.52 Å². The van der Waals surface area contributed by atoms with E-state index in [0.717, 1.165) is 12.0 Å². The summed E-state index contributed by atoms with van der Waals surface area (Å²) in [6, 6.07) is 5.49. The molecular weight excluding hydrogens is 319 g/mol. The zero-order valence-corrected chi connectivity index (χ0v) is 15.3. The summed E-state index contributed by atoms with van der Waals surface area (Å²) in [6.07, 6.45) is 1.33. The molecule has 0 N–H and O–H groups in total. The molecule has 4 nitrogen and oxygen atoms in total. The Balaban J connectivity index is 2.36. The first-order valence-electron chi connectivity index (χ1n) is 7.58. The maximum atomic E-state index is 12.8. The first kappa shape index (κ1) is 17.6. The Bertz CT molecular complexity index is 612. The fourth-order valence-electron chi connectivity index (χ4n) is 2.62. The summed E-state index contributed by atoms with van der Waals surface area (Å²) < 4.78 is 23.9. The van der Waals surface area contributed by atoms with E-state index in [4.69, 9.17) is 9.05 Å². The van der Waals surface area contributed by atoms with Gasteiger partial charge in [0.1, 0.15) is 5.75 Å². The average molecular weight is 342 g/mol. The van der Waals surface area contributed by atoms with Crippen molar-refractivity contribution in [1.29, 1.82) is 0 Å². The lowest BCUT2D eigenvalue weighted by Gasteiger charge is -2.20. The van der Waals surface area contributed by atoms with E-state index in [2.05, 4.69) is 0 Å². The molecule has 0 bridgehead atoms. The van der Waals surface area contributed by atoms with Gasteiger partial charge in [0.05, 0.1) is 12.2 Å². The molecule has 22 heavy (non-hydrogen) atoms. The summed E-state index contributed by atoms with van der Waals surface area (Å²) in [6.45, 7) is 4.88. The van der Waals surface area contributed by atoms with Gasteiger partial charge in [0.15, 0.2) is 5.78 Å². The molecule has 0 saturated carbocycles. The van der Waals surface area contributed by atoms with Crippen molar-refractivity contribution in [3.8, 4) is 5.75 Å². The predicted molar refractivity (Wildman–Crippen MR) is 91.0 cm³/mol. The van der Waals surface area contributed by atoms with Gasteiger partial charge in [-0.2, -0.15) is 0 Å². The normalized spacial score (nSPS) is 18.8. The van der Waals surface area contributed by atoms with E-state index in [1.165, 1.54) is 11.4 Å². The number of carbonyl (C=O) groups is 1. The van der Waals surface area contributed by atoms with Crippen LogP contribution in [-0.2, 0) is 14.5 Å². The van der Waals surface area contributed by atoms with Crippen LogP contribution in [0.4, 0.5) is 0 Å². The fraction of sp³-hybridized carbons (Fsp3) is 0.562. The smallest absolute Gasteiger partial charge is 0.416 e. The summed E-state index contributed by atoms with van der Waals surface area (Å²) in [4.78, 5) is 12.3. The van der Waals surface area contributed by atoms with Crippen LogP contribution in [-0.4, -0.2) is 18.1 Å². The van der Waals surface area contributed by atoms with Crippen LogP contribution in [0.3, 0.4) is 0 Å². The van der Waals surface area contributed by atoms with Crippen molar-refractivity contribution in [2.45, 2.75) is 46.0 Å². The van der Waals surface area contributed by atoms with Gasteiger partial charge in [-0.1, -0.05) is 32.9 Å². The second-order valence-electron chi connectivity index (χ2n) is 5.95. The fourth-order valence-corrected chi connectivity index (χ4v) is 6.07. The zero-order valence-electron chi connectivity index (χ0n) is 13.5. The molecule has 1 atom stereocenters. The molecule has 0 amide bonds. The lowest BCUT2D eigenvalue weighted by Crippen LogP contribution is -2.12. The molecule has 0 heterocycles. The molecule has 1 aliphatic rings. The summed E-state index contributed by atoms with van der Waals surface area (Å²) >= 11 is 1.19. The van der Waals surface area contributed by atoms with Crippen molar-refractivity contribution >= 4 is 24.0 Å². The highest BCUT2D eigenvalue weighted by Gasteiger charge is 2.39. The Morgan fingerprint density at radius 2 is 2.05 bits per heavy atom. The van der Waals surface area contributed by atoms with Crippen LogP contribution >= 0.6 is 18.2 Å². The SMILES string of the molecule is CCCSP(=O)(OCC)Oc1cccc2c1C(=O)CC2(C)C. The third-order valence-corrected chi connectivity index (χ3v) is 7.53. The number of ketones is 1. The Labute approximate surface area is 136 Å². The molecule has 2 rings (SSSR count). The van der Waals surface area contributed by atoms with E-state index >= 15 is 0 Å².